The van der Waals surface area contributed by atoms with Gasteiger partial charge in [0.1, 0.15) is 5.82 Å². The Kier molecular flexibility index (Phi) is 5.12. The van der Waals surface area contributed by atoms with Gasteiger partial charge in [0.2, 0.25) is 0 Å². The van der Waals surface area contributed by atoms with Crippen molar-refractivity contribution in [3.05, 3.63) is 70.1 Å². The standard InChI is InChI=1S/C25H24BrFN2O3/c1-14(15-2-4-17(26)5-3-15)29-9-8-19-21(27)7-6-20(22(19)29)23(30)28-18-12-25(13-18)10-16(11-25)24(31)32/h2-9,14,16,18H,10-13H2,1H3,(H,28,30)(H,31,32). The smallest absolute Gasteiger partial charge is 0.306 e. The molecule has 1 amide bonds. The topological polar surface area (TPSA) is 71.3 Å². The van der Waals surface area contributed by atoms with Crippen LogP contribution < -0.4 is 5.32 Å². The van der Waals surface area contributed by atoms with Gasteiger partial charge >= 0.3 is 5.97 Å². The molecule has 0 saturated heterocycles. The Hall–Kier alpha value is -2.67. The normalized spacial score (nSPS) is 25.2. The molecule has 2 aliphatic rings. The molecule has 2 aromatic carbocycles. The molecule has 2 fully saturated rings. The number of hydrogen-bond acceptors (Lipinski definition) is 2. The lowest BCUT2D eigenvalue weighted by Gasteiger charge is -2.56. The number of fused-ring (bicyclic) bond motifs is 1. The van der Waals surface area contributed by atoms with Crippen molar-refractivity contribution in [3.8, 4) is 0 Å². The summed E-state index contributed by atoms with van der Waals surface area (Å²) in [5, 5.41) is 12.6. The summed E-state index contributed by atoms with van der Waals surface area (Å²) < 4.78 is 17.5. The zero-order chi connectivity index (χ0) is 22.6. The summed E-state index contributed by atoms with van der Waals surface area (Å²) in [6.45, 7) is 2.03. The van der Waals surface area contributed by atoms with Gasteiger partial charge in [0.15, 0.2) is 0 Å². The molecule has 166 valence electrons. The number of carbonyl (C=O) groups excluding carboxylic acids is 1. The van der Waals surface area contributed by atoms with Crippen molar-refractivity contribution in [2.45, 2.75) is 44.7 Å². The van der Waals surface area contributed by atoms with E-state index >= 15 is 0 Å². The Morgan fingerprint density at radius 1 is 1.12 bits per heavy atom. The van der Waals surface area contributed by atoms with Crippen LogP contribution >= 0.6 is 15.9 Å². The van der Waals surface area contributed by atoms with Crippen molar-refractivity contribution >= 4 is 38.7 Å². The second kappa shape index (κ2) is 7.73. The molecule has 0 radical (unpaired) electrons. The van der Waals surface area contributed by atoms with Crippen molar-refractivity contribution < 1.29 is 19.1 Å². The number of halogens is 2. The van der Waals surface area contributed by atoms with Gasteiger partial charge in [-0.2, -0.15) is 0 Å². The number of hydrogen-bond donors (Lipinski definition) is 2. The van der Waals surface area contributed by atoms with Crippen LogP contribution in [0.4, 0.5) is 4.39 Å². The number of nitrogens with zero attached hydrogens (tertiary/aromatic N) is 1. The van der Waals surface area contributed by atoms with Gasteiger partial charge in [-0.15, -0.1) is 0 Å². The predicted molar refractivity (Wildman–Crippen MR) is 123 cm³/mol. The maximum Gasteiger partial charge on any atom is 0.306 e. The molecule has 0 aliphatic heterocycles. The third-order valence-electron chi connectivity index (χ3n) is 7.24. The molecular formula is C25H24BrFN2O3. The highest BCUT2D eigenvalue weighted by atomic mass is 79.9. The van der Waals surface area contributed by atoms with Gasteiger partial charge in [0.05, 0.1) is 23.0 Å². The maximum atomic E-state index is 14.6. The largest absolute Gasteiger partial charge is 0.481 e. The summed E-state index contributed by atoms with van der Waals surface area (Å²) in [7, 11) is 0. The second-order valence-electron chi connectivity index (χ2n) is 9.33. The predicted octanol–water partition coefficient (Wildman–Crippen LogP) is 5.53. The van der Waals surface area contributed by atoms with Gasteiger partial charge in [-0.3, -0.25) is 9.59 Å². The number of carboxylic acids is 1. The van der Waals surface area contributed by atoms with Crippen LogP contribution in [0.2, 0.25) is 0 Å². The number of aliphatic carboxylic acids is 1. The van der Waals surface area contributed by atoms with Crippen molar-refractivity contribution in [3.63, 3.8) is 0 Å². The molecule has 32 heavy (non-hydrogen) atoms. The lowest BCUT2D eigenvalue weighted by atomic mass is 9.50. The van der Waals surface area contributed by atoms with E-state index < -0.39 is 5.97 Å². The Morgan fingerprint density at radius 3 is 2.47 bits per heavy atom. The SMILES string of the molecule is CC(c1ccc(Br)cc1)n1ccc2c(F)ccc(C(=O)NC3CC4(C3)CC(C(=O)O)C4)c21. The van der Waals surface area contributed by atoms with Gasteiger partial charge in [-0.05, 0) is 73.9 Å². The minimum absolute atomic E-state index is 0.0321. The minimum Gasteiger partial charge on any atom is -0.481 e. The molecule has 5 rings (SSSR count). The second-order valence-corrected chi connectivity index (χ2v) is 10.2. The number of benzene rings is 2. The first-order chi connectivity index (χ1) is 15.3. The molecule has 3 aromatic rings. The average molecular weight is 499 g/mol. The first kappa shape index (κ1) is 21.2. The molecular weight excluding hydrogens is 475 g/mol. The summed E-state index contributed by atoms with van der Waals surface area (Å²) in [5.41, 5.74) is 2.17. The summed E-state index contributed by atoms with van der Waals surface area (Å²) in [6.07, 6.45) is 4.84. The summed E-state index contributed by atoms with van der Waals surface area (Å²) in [4.78, 5) is 24.3. The maximum absolute atomic E-state index is 14.6. The molecule has 5 nitrogen and oxygen atoms in total. The highest BCUT2D eigenvalue weighted by Crippen LogP contribution is 2.58. The van der Waals surface area contributed by atoms with Crippen molar-refractivity contribution in [2.24, 2.45) is 11.3 Å². The van der Waals surface area contributed by atoms with E-state index in [1.165, 1.54) is 6.07 Å². The molecule has 0 bridgehead atoms. The van der Waals surface area contributed by atoms with Gasteiger partial charge in [0, 0.05) is 22.1 Å². The zero-order valence-electron chi connectivity index (χ0n) is 17.6. The number of rotatable bonds is 5. The monoisotopic (exact) mass is 498 g/mol. The minimum atomic E-state index is -0.725. The van der Waals surface area contributed by atoms with Gasteiger partial charge in [0.25, 0.3) is 5.91 Å². The molecule has 2 N–H and O–H groups in total. The fraction of sp³-hybridized carbons (Fsp3) is 0.360. The number of carboxylic acid groups (broad SMARTS) is 1. The van der Waals surface area contributed by atoms with E-state index in [4.69, 9.17) is 5.11 Å². The fourth-order valence-electron chi connectivity index (χ4n) is 5.50. The number of carbonyl (C=O) groups is 2. The van der Waals surface area contributed by atoms with Crippen LogP contribution in [0.5, 0.6) is 0 Å². The van der Waals surface area contributed by atoms with Crippen LogP contribution in [-0.2, 0) is 4.79 Å². The first-order valence-corrected chi connectivity index (χ1v) is 11.6. The van der Waals surface area contributed by atoms with Crippen LogP contribution in [0, 0.1) is 17.2 Å². The quantitative estimate of drug-likeness (QED) is 0.486. The number of nitrogens with one attached hydrogen (secondary N) is 1. The summed E-state index contributed by atoms with van der Waals surface area (Å²) >= 11 is 3.45. The van der Waals surface area contributed by atoms with Gasteiger partial charge < -0.3 is 15.0 Å². The highest BCUT2D eigenvalue weighted by molar-refractivity contribution is 9.10. The zero-order valence-corrected chi connectivity index (χ0v) is 19.2. The molecule has 2 saturated carbocycles. The van der Waals surface area contributed by atoms with E-state index in [9.17, 15) is 14.0 Å². The number of amides is 1. The van der Waals surface area contributed by atoms with Crippen LogP contribution in [0.1, 0.15) is 54.6 Å². The van der Waals surface area contributed by atoms with E-state index in [1.807, 2.05) is 42.0 Å². The van der Waals surface area contributed by atoms with Crippen LogP contribution in [0.15, 0.2) is 53.1 Å². The van der Waals surface area contributed by atoms with Crippen molar-refractivity contribution in [1.29, 1.82) is 0 Å². The fourth-order valence-corrected chi connectivity index (χ4v) is 5.77. The van der Waals surface area contributed by atoms with Crippen molar-refractivity contribution in [2.75, 3.05) is 0 Å². The lowest BCUT2D eigenvalue weighted by molar-refractivity contribution is -0.155. The molecule has 1 heterocycles. The molecule has 1 unspecified atom stereocenters. The van der Waals surface area contributed by atoms with E-state index in [1.54, 1.807) is 12.1 Å². The molecule has 7 heteroatoms. The Labute approximate surface area is 193 Å². The molecule has 1 atom stereocenters. The van der Waals surface area contributed by atoms with E-state index in [0.29, 0.717) is 29.3 Å². The van der Waals surface area contributed by atoms with Crippen molar-refractivity contribution in [1.82, 2.24) is 9.88 Å². The van der Waals surface area contributed by atoms with Gasteiger partial charge in [-0.1, -0.05) is 28.1 Å². The summed E-state index contributed by atoms with van der Waals surface area (Å²) in [5.74, 6) is -1.54. The molecule has 2 aliphatic carbocycles. The number of aromatic nitrogens is 1. The van der Waals surface area contributed by atoms with Crippen LogP contribution in [0.3, 0.4) is 0 Å². The Morgan fingerprint density at radius 2 is 1.81 bits per heavy atom. The highest BCUT2D eigenvalue weighted by Gasteiger charge is 2.55. The molecule has 1 aromatic heterocycles. The lowest BCUT2D eigenvalue weighted by Crippen LogP contribution is -2.57. The van der Waals surface area contributed by atoms with E-state index in [-0.39, 0.29) is 35.1 Å². The van der Waals surface area contributed by atoms with Gasteiger partial charge in [-0.25, -0.2) is 4.39 Å². The Balaban J connectivity index is 1.38. The Bertz CT molecular complexity index is 1210. The van der Waals surface area contributed by atoms with Crippen LogP contribution in [-0.4, -0.2) is 27.6 Å². The summed E-state index contributed by atoms with van der Waals surface area (Å²) in [6, 6.07) is 12.5. The molecule has 1 spiro atoms. The average Bonchev–Trinajstić information content (AvgIpc) is 3.14. The van der Waals surface area contributed by atoms with E-state index in [0.717, 1.165) is 22.9 Å². The third kappa shape index (κ3) is 3.52. The third-order valence-corrected chi connectivity index (χ3v) is 7.77. The first-order valence-electron chi connectivity index (χ1n) is 10.8. The van der Waals surface area contributed by atoms with Crippen LogP contribution in [0.25, 0.3) is 10.9 Å². The van der Waals surface area contributed by atoms with E-state index in [2.05, 4.69) is 21.2 Å².